The molecular formula is C34H30O8. The lowest BCUT2D eigenvalue weighted by atomic mass is 9.87. The summed E-state index contributed by atoms with van der Waals surface area (Å²) in [6, 6.07) is 26.1. The van der Waals surface area contributed by atoms with Gasteiger partial charge < -0.3 is 33.5 Å². The van der Waals surface area contributed by atoms with Crippen molar-refractivity contribution < 1.29 is 38.3 Å². The fourth-order valence-electron chi connectivity index (χ4n) is 5.45. The Morgan fingerprint density at radius 1 is 0.881 bits per heavy atom. The van der Waals surface area contributed by atoms with Gasteiger partial charge in [-0.1, -0.05) is 42.5 Å². The van der Waals surface area contributed by atoms with Crippen LogP contribution in [0.4, 0.5) is 0 Å². The van der Waals surface area contributed by atoms with E-state index < -0.39 is 11.9 Å². The van der Waals surface area contributed by atoms with Gasteiger partial charge in [0, 0.05) is 23.1 Å². The lowest BCUT2D eigenvalue weighted by Gasteiger charge is -2.18. The first kappa shape index (κ1) is 27.2. The Kier molecular flexibility index (Phi) is 7.70. The van der Waals surface area contributed by atoms with Crippen LogP contribution in [0.2, 0.25) is 0 Å². The van der Waals surface area contributed by atoms with Crippen LogP contribution in [-0.4, -0.2) is 45.3 Å². The van der Waals surface area contributed by atoms with E-state index in [2.05, 4.69) is 0 Å². The number of phenolic OH excluding ortho intramolecular Hbond substituents is 1. The molecule has 42 heavy (non-hydrogen) atoms. The van der Waals surface area contributed by atoms with Crippen LogP contribution >= 0.6 is 0 Å². The van der Waals surface area contributed by atoms with E-state index in [4.69, 9.17) is 28.4 Å². The van der Waals surface area contributed by atoms with Crippen LogP contribution in [-0.2, 0) is 20.9 Å². The number of aromatic hydroxyl groups is 1. The zero-order valence-electron chi connectivity index (χ0n) is 23.3. The fraction of sp³-hybridized carbons (Fsp3) is 0.206. The molecule has 1 atom stereocenters. The van der Waals surface area contributed by atoms with Gasteiger partial charge in [-0.15, -0.1) is 0 Å². The van der Waals surface area contributed by atoms with Gasteiger partial charge in [-0.05, 0) is 58.7 Å². The summed E-state index contributed by atoms with van der Waals surface area (Å²) in [4.78, 5) is 13.6. The number of carbonyl (C=O) groups is 1. The molecule has 0 aromatic heterocycles. The maximum Gasteiger partial charge on any atom is 0.335 e. The highest BCUT2D eigenvalue weighted by Crippen LogP contribution is 2.52. The fourth-order valence-corrected chi connectivity index (χ4v) is 5.45. The highest BCUT2D eigenvalue weighted by Gasteiger charge is 2.39. The summed E-state index contributed by atoms with van der Waals surface area (Å²) >= 11 is 0. The molecule has 6 rings (SSSR count). The van der Waals surface area contributed by atoms with E-state index in [0.29, 0.717) is 58.5 Å². The zero-order chi connectivity index (χ0) is 29.1. The van der Waals surface area contributed by atoms with Crippen molar-refractivity contribution in [1.82, 2.24) is 0 Å². The molecule has 1 unspecified atom stereocenters. The van der Waals surface area contributed by atoms with Crippen molar-refractivity contribution in [3.63, 3.8) is 0 Å². The molecule has 2 aliphatic rings. The van der Waals surface area contributed by atoms with Crippen molar-refractivity contribution >= 4 is 11.5 Å². The van der Waals surface area contributed by atoms with Gasteiger partial charge in [0.1, 0.15) is 23.9 Å². The average molecular weight is 567 g/mol. The Morgan fingerprint density at radius 3 is 2.52 bits per heavy atom. The first-order valence-electron chi connectivity index (χ1n) is 13.6. The summed E-state index contributed by atoms with van der Waals surface area (Å²) < 4.78 is 34.0. The van der Waals surface area contributed by atoms with Crippen molar-refractivity contribution in [3.8, 4) is 28.7 Å². The molecule has 1 aliphatic carbocycles. The van der Waals surface area contributed by atoms with Gasteiger partial charge in [0.2, 0.25) is 6.79 Å². The molecule has 0 radical (unpaired) electrons. The molecule has 0 fully saturated rings. The van der Waals surface area contributed by atoms with Gasteiger partial charge in [-0.25, -0.2) is 4.79 Å². The molecule has 0 bridgehead atoms. The molecule has 0 spiro atoms. The monoisotopic (exact) mass is 566 g/mol. The molecular weight excluding hydrogens is 536 g/mol. The normalized spacial score (nSPS) is 15.0. The number of carbonyl (C=O) groups excluding carboxylic acids is 1. The topological polar surface area (TPSA) is 92.7 Å². The smallest absolute Gasteiger partial charge is 0.335 e. The molecule has 1 N–H and O–H groups in total. The molecule has 0 amide bonds. The molecule has 8 heteroatoms. The first-order valence-corrected chi connectivity index (χ1v) is 13.6. The molecule has 0 saturated carbocycles. The molecule has 4 aromatic carbocycles. The summed E-state index contributed by atoms with van der Waals surface area (Å²) in [5.41, 5.74) is 5.14. The second kappa shape index (κ2) is 11.9. The summed E-state index contributed by atoms with van der Waals surface area (Å²) in [7, 11) is 2.94. The minimum absolute atomic E-state index is 0.0760. The number of hydrogen-bond donors (Lipinski definition) is 1. The average Bonchev–Trinajstić information content (AvgIpc) is 3.62. The molecule has 4 aromatic rings. The largest absolute Gasteiger partial charge is 0.508 e. The van der Waals surface area contributed by atoms with E-state index in [1.54, 1.807) is 25.3 Å². The van der Waals surface area contributed by atoms with Crippen molar-refractivity contribution in [2.45, 2.75) is 12.5 Å². The molecule has 1 aliphatic heterocycles. The number of benzene rings is 4. The maximum absolute atomic E-state index is 13.6. The summed E-state index contributed by atoms with van der Waals surface area (Å²) in [5.74, 6) is 1.46. The number of esters is 1. The van der Waals surface area contributed by atoms with Crippen molar-refractivity contribution in [1.29, 1.82) is 0 Å². The Morgan fingerprint density at radius 2 is 1.71 bits per heavy atom. The Labute approximate surface area is 243 Å². The van der Waals surface area contributed by atoms with E-state index in [1.807, 2.05) is 66.7 Å². The standard InChI is InChI=1S/C34H30O8/c1-37-24-10-12-26(29(18-24)40-15-14-39-19-21-6-4-3-5-7-21)32-27-17-23(35)9-11-25(27)31(33(32)34(36)38-2)22-8-13-28-30(16-22)42-20-41-28/h3-13,16-18,31,35H,14-15,19-20H2,1-2H3. The molecule has 214 valence electrons. The number of rotatable bonds is 10. The lowest BCUT2D eigenvalue weighted by Crippen LogP contribution is -2.13. The molecule has 1 heterocycles. The molecule has 0 saturated heterocycles. The van der Waals surface area contributed by atoms with Crippen molar-refractivity contribution in [2.75, 3.05) is 34.2 Å². The van der Waals surface area contributed by atoms with E-state index in [0.717, 1.165) is 16.7 Å². The van der Waals surface area contributed by atoms with E-state index in [9.17, 15) is 9.90 Å². The van der Waals surface area contributed by atoms with Crippen LogP contribution < -0.4 is 18.9 Å². The number of fused-ring (bicyclic) bond motifs is 2. The van der Waals surface area contributed by atoms with Crippen LogP contribution in [0.5, 0.6) is 28.7 Å². The van der Waals surface area contributed by atoms with Crippen molar-refractivity contribution in [3.05, 3.63) is 118 Å². The number of hydrogen-bond acceptors (Lipinski definition) is 8. The zero-order valence-corrected chi connectivity index (χ0v) is 23.3. The Balaban J connectivity index is 1.40. The van der Waals surface area contributed by atoms with Crippen LogP contribution in [0.1, 0.15) is 33.7 Å². The predicted octanol–water partition coefficient (Wildman–Crippen LogP) is 5.85. The second-order valence-electron chi connectivity index (χ2n) is 9.85. The minimum Gasteiger partial charge on any atom is -0.508 e. The highest BCUT2D eigenvalue weighted by molar-refractivity contribution is 6.08. The van der Waals surface area contributed by atoms with Gasteiger partial charge in [0.25, 0.3) is 0 Å². The molecule has 8 nitrogen and oxygen atoms in total. The number of ether oxygens (including phenoxy) is 6. The van der Waals surface area contributed by atoms with Gasteiger partial charge in [-0.2, -0.15) is 0 Å². The second-order valence-corrected chi connectivity index (χ2v) is 9.85. The highest BCUT2D eigenvalue weighted by atomic mass is 16.7. The Bertz CT molecular complexity index is 1640. The Hall–Kier alpha value is -4.95. The maximum atomic E-state index is 13.6. The van der Waals surface area contributed by atoms with Gasteiger partial charge in [-0.3, -0.25) is 0 Å². The lowest BCUT2D eigenvalue weighted by molar-refractivity contribution is -0.136. The van der Waals surface area contributed by atoms with Gasteiger partial charge in [0.15, 0.2) is 11.5 Å². The third-order valence-electron chi connectivity index (χ3n) is 7.37. The van der Waals surface area contributed by atoms with Crippen LogP contribution in [0.15, 0.2) is 90.5 Å². The third kappa shape index (κ3) is 5.24. The van der Waals surface area contributed by atoms with Crippen LogP contribution in [0, 0.1) is 0 Å². The van der Waals surface area contributed by atoms with E-state index in [1.165, 1.54) is 7.11 Å². The first-order chi connectivity index (χ1) is 20.6. The summed E-state index contributed by atoms with van der Waals surface area (Å²) in [6.45, 7) is 1.23. The quantitative estimate of drug-likeness (QED) is 0.189. The third-order valence-corrected chi connectivity index (χ3v) is 7.37. The van der Waals surface area contributed by atoms with E-state index >= 15 is 0 Å². The SMILES string of the molecule is COC(=O)C1=C(c2ccc(OC)cc2OCCOCc2ccccc2)c2cc(O)ccc2C1c1ccc2c(c1)OCO2. The van der Waals surface area contributed by atoms with Crippen molar-refractivity contribution in [2.24, 2.45) is 0 Å². The van der Waals surface area contributed by atoms with Gasteiger partial charge >= 0.3 is 5.97 Å². The minimum atomic E-state index is -0.490. The van der Waals surface area contributed by atoms with Crippen LogP contribution in [0.25, 0.3) is 5.57 Å². The van der Waals surface area contributed by atoms with Crippen LogP contribution in [0.3, 0.4) is 0 Å². The number of phenols is 1. The summed E-state index contributed by atoms with van der Waals surface area (Å²) in [5, 5.41) is 10.5. The number of methoxy groups -OCH3 is 2. The summed E-state index contributed by atoms with van der Waals surface area (Å²) in [6.07, 6.45) is 0. The van der Waals surface area contributed by atoms with Gasteiger partial charge in [0.05, 0.1) is 33.0 Å². The predicted molar refractivity (Wildman–Crippen MR) is 155 cm³/mol. The van der Waals surface area contributed by atoms with E-state index in [-0.39, 0.29) is 19.1 Å².